The van der Waals surface area contributed by atoms with Gasteiger partial charge < -0.3 is 5.32 Å². The van der Waals surface area contributed by atoms with E-state index in [9.17, 15) is 4.79 Å². The number of hydrogen-bond donors (Lipinski definition) is 1. The van der Waals surface area contributed by atoms with Crippen molar-refractivity contribution in [2.75, 3.05) is 5.32 Å². The van der Waals surface area contributed by atoms with Gasteiger partial charge in [0.1, 0.15) is 5.02 Å². The highest BCUT2D eigenvalue weighted by Crippen LogP contribution is 2.26. The summed E-state index contributed by atoms with van der Waals surface area (Å²) in [7, 11) is 0. The first-order chi connectivity index (χ1) is 12.4. The Kier molecular flexibility index (Phi) is 5.86. The Balaban J connectivity index is 1.64. The van der Waals surface area contributed by atoms with E-state index in [4.69, 9.17) is 34.8 Å². The molecular formula is C17H16Cl3N5O. The Morgan fingerprint density at radius 1 is 1.15 bits per heavy atom. The van der Waals surface area contributed by atoms with Gasteiger partial charge in [0, 0.05) is 46.7 Å². The molecule has 0 aliphatic rings. The molecular weight excluding hydrogens is 397 g/mol. The van der Waals surface area contributed by atoms with Gasteiger partial charge >= 0.3 is 0 Å². The van der Waals surface area contributed by atoms with Crippen LogP contribution in [0.4, 0.5) is 5.82 Å². The molecule has 2 aromatic heterocycles. The van der Waals surface area contributed by atoms with Gasteiger partial charge in [0.2, 0.25) is 5.91 Å². The highest BCUT2D eigenvalue weighted by molar-refractivity contribution is 6.36. The second-order valence-corrected chi connectivity index (χ2v) is 6.94. The van der Waals surface area contributed by atoms with Crippen LogP contribution in [0, 0.1) is 6.92 Å². The monoisotopic (exact) mass is 411 g/mol. The molecule has 3 aromatic rings. The molecule has 0 atom stereocenters. The van der Waals surface area contributed by atoms with E-state index in [-0.39, 0.29) is 12.3 Å². The number of aryl methyl sites for hydroxylation is 2. The number of nitrogens with zero attached hydrogens (tertiary/aromatic N) is 4. The van der Waals surface area contributed by atoms with Crippen LogP contribution >= 0.6 is 34.8 Å². The predicted molar refractivity (Wildman–Crippen MR) is 103 cm³/mol. The fraction of sp³-hybridized carbons (Fsp3) is 0.235. The number of aromatic nitrogens is 4. The molecule has 0 aliphatic carbocycles. The number of halogens is 3. The Bertz CT molecular complexity index is 914. The van der Waals surface area contributed by atoms with Gasteiger partial charge in [-0.3, -0.25) is 14.2 Å². The van der Waals surface area contributed by atoms with Crippen LogP contribution in [-0.2, 0) is 17.9 Å². The number of benzene rings is 1. The fourth-order valence-electron chi connectivity index (χ4n) is 2.44. The van der Waals surface area contributed by atoms with Crippen molar-refractivity contribution in [3.63, 3.8) is 0 Å². The Morgan fingerprint density at radius 2 is 1.88 bits per heavy atom. The quantitative estimate of drug-likeness (QED) is 0.651. The zero-order valence-corrected chi connectivity index (χ0v) is 16.2. The van der Waals surface area contributed by atoms with Crippen LogP contribution in [0.5, 0.6) is 0 Å². The molecule has 0 saturated carbocycles. The van der Waals surface area contributed by atoms with Crippen LogP contribution in [0.25, 0.3) is 0 Å². The molecule has 26 heavy (non-hydrogen) atoms. The van der Waals surface area contributed by atoms with Crippen molar-refractivity contribution < 1.29 is 4.79 Å². The topological polar surface area (TPSA) is 64.7 Å². The van der Waals surface area contributed by atoms with Crippen LogP contribution < -0.4 is 5.32 Å². The first-order valence-corrected chi connectivity index (χ1v) is 9.01. The van der Waals surface area contributed by atoms with Crippen LogP contribution in [0.1, 0.15) is 17.7 Å². The lowest BCUT2D eigenvalue weighted by atomic mass is 10.2. The molecule has 0 unspecified atom stereocenters. The number of anilines is 1. The van der Waals surface area contributed by atoms with E-state index in [0.717, 1.165) is 11.3 Å². The molecule has 3 rings (SSSR count). The minimum Gasteiger partial charge on any atom is -0.308 e. The van der Waals surface area contributed by atoms with Crippen molar-refractivity contribution in [3.8, 4) is 0 Å². The third-order valence-electron chi connectivity index (χ3n) is 3.84. The van der Waals surface area contributed by atoms with Crippen molar-refractivity contribution >= 4 is 46.5 Å². The van der Waals surface area contributed by atoms with Gasteiger partial charge in [-0.25, -0.2) is 0 Å². The minimum absolute atomic E-state index is 0.192. The lowest BCUT2D eigenvalue weighted by Gasteiger charge is -2.07. The van der Waals surface area contributed by atoms with Gasteiger partial charge in [-0.15, -0.1) is 0 Å². The van der Waals surface area contributed by atoms with Crippen molar-refractivity contribution in [1.29, 1.82) is 0 Å². The van der Waals surface area contributed by atoms with Crippen molar-refractivity contribution in [2.45, 2.75) is 26.4 Å². The van der Waals surface area contributed by atoms with Gasteiger partial charge in [0.15, 0.2) is 5.82 Å². The third-order valence-corrected chi connectivity index (χ3v) is 4.82. The number of nitrogens with one attached hydrogen (secondary N) is 1. The van der Waals surface area contributed by atoms with E-state index in [1.165, 1.54) is 0 Å². The molecule has 0 spiro atoms. The Hall–Kier alpha value is -2.02. The summed E-state index contributed by atoms with van der Waals surface area (Å²) in [4.78, 5) is 12.1. The molecule has 0 bridgehead atoms. The minimum atomic E-state index is -0.192. The SMILES string of the molecule is Cc1ccnn1CCC(=O)Nc1nn(Cc2c(Cl)cccc2Cl)cc1Cl. The predicted octanol–water partition coefficient (Wildman–Crippen LogP) is 4.43. The van der Waals surface area contributed by atoms with E-state index < -0.39 is 0 Å². The van der Waals surface area contributed by atoms with E-state index in [0.29, 0.717) is 34.0 Å². The van der Waals surface area contributed by atoms with Crippen molar-refractivity contribution in [3.05, 3.63) is 63.0 Å². The zero-order valence-electron chi connectivity index (χ0n) is 13.9. The first-order valence-electron chi connectivity index (χ1n) is 7.88. The molecule has 0 fully saturated rings. The van der Waals surface area contributed by atoms with Gasteiger partial charge in [0.25, 0.3) is 0 Å². The molecule has 136 valence electrons. The molecule has 1 aromatic carbocycles. The van der Waals surface area contributed by atoms with E-state index in [1.807, 2.05) is 13.0 Å². The van der Waals surface area contributed by atoms with Crippen LogP contribution in [0.2, 0.25) is 15.1 Å². The summed E-state index contributed by atoms with van der Waals surface area (Å²) < 4.78 is 3.35. The van der Waals surface area contributed by atoms with E-state index >= 15 is 0 Å². The van der Waals surface area contributed by atoms with Crippen molar-refractivity contribution in [2.24, 2.45) is 0 Å². The van der Waals surface area contributed by atoms with Gasteiger partial charge in [-0.1, -0.05) is 40.9 Å². The summed E-state index contributed by atoms with van der Waals surface area (Å²) >= 11 is 18.5. The van der Waals surface area contributed by atoms with Crippen LogP contribution in [-0.4, -0.2) is 25.5 Å². The summed E-state index contributed by atoms with van der Waals surface area (Å²) in [5.74, 6) is 0.111. The van der Waals surface area contributed by atoms with Gasteiger partial charge in [-0.2, -0.15) is 10.2 Å². The normalized spacial score (nSPS) is 10.9. The Labute approximate surface area is 165 Å². The summed E-state index contributed by atoms with van der Waals surface area (Å²) in [6.45, 7) is 2.77. The standard InChI is InChI=1S/C17H16Cl3N5O/c1-11-5-7-21-25(11)8-6-16(26)22-17-15(20)10-24(23-17)9-12-13(18)3-2-4-14(12)19/h2-5,7,10H,6,8-9H2,1H3,(H,22,23,26). The molecule has 2 heterocycles. The highest BCUT2D eigenvalue weighted by atomic mass is 35.5. The molecule has 1 N–H and O–H groups in total. The maximum atomic E-state index is 12.1. The fourth-order valence-corrected chi connectivity index (χ4v) is 3.16. The average molecular weight is 413 g/mol. The zero-order chi connectivity index (χ0) is 18.7. The highest BCUT2D eigenvalue weighted by Gasteiger charge is 2.13. The second-order valence-electron chi connectivity index (χ2n) is 5.72. The van der Waals surface area contributed by atoms with Gasteiger partial charge in [-0.05, 0) is 25.1 Å². The number of rotatable bonds is 6. The number of hydrogen-bond acceptors (Lipinski definition) is 3. The summed E-state index contributed by atoms with van der Waals surface area (Å²) in [5.41, 5.74) is 1.73. The molecule has 6 nitrogen and oxygen atoms in total. The smallest absolute Gasteiger partial charge is 0.227 e. The molecule has 0 aliphatic heterocycles. The summed E-state index contributed by atoms with van der Waals surface area (Å²) in [5, 5.41) is 12.6. The van der Waals surface area contributed by atoms with E-state index in [1.54, 1.807) is 40.0 Å². The summed E-state index contributed by atoms with van der Waals surface area (Å²) in [6.07, 6.45) is 3.59. The first kappa shape index (κ1) is 18.8. The van der Waals surface area contributed by atoms with Gasteiger partial charge in [0.05, 0.1) is 6.54 Å². The van der Waals surface area contributed by atoms with E-state index in [2.05, 4.69) is 15.5 Å². The number of amides is 1. The van der Waals surface area contributed by atoms with Crippen molar-refractivity contribution in [1.82, 2.24) is 19.6 Å². The molecule has 1 amide bonds. The van der Waals surface area contributed by atoms with Crippen LogP contribution in [0.15, 0.2) is 36.7 Å². The third kappa shape index (κ3) is 4.38. The molecule has 9 heteroatoms. The Morgan fingerprint density at radius 3 is 2.54 bits per heavy atom. The number of carbonyl (C=O) groups is 1. The maximum Gasteiger partial charge on any atom is 0.227 e. The lowest BCUT2D eigenvalue weighted by Crippen LogP contribution is -2.16. The summed E-state index contributed by atoms with van der Waals surface area (Å²) in [6, 6.07) is 7.18. The number of carbonyl (C=O) groups excluding carboxylic acids is 1. The lowest BCUT2D eigenvalue weighted by molar-refractivity contribution is -0.116. The average Bonchev–Trinajstić information content (AvgIpc) is 3.15. The second kappa shape index (κ2) is 8.12. The maximum absolute atomic E-state index is 12.1. The van der Waals surface area contributed by atoms with Crippen LogP contribution in [0.3, 0.4) is 0 Å². The molecule has 0 radical (unpaired) electrons. The largest absolute Gasteiger partial charge is 0.308 e. The molecule has 0 saturated heterocycles.